The molecular formula is C16H31N3O2S. The summed E-state index contributed by atoms with van der Waals surface area (Å²) in [6.45, 7) is 0.927. The highest BCUT2D eigenvalue weighted by Gasteiger charge is 2.24. The summed E-state index contributed by atoms with van der Waals surface area (Å²) in [6, 6.07) is 0.559. The molecule has 0 saturated heterocycles. The molecule has 1 rings (SSSR count). The van der Waals surface area contributed by atoms with Crippen molar-refractivity contribution >= 4 is 23.7 Å². The molecule has 1 saturated carbocycles. The molecule has 1 aliphatic carbocycles. The van der Waals surface area contributed by atoms with Gasteiger partial charge in [-0.3, -0.25) is 9.79 Å². The lowest BCUT2D eigenvalue weighted by molar-refractivity contribution is -0.140. The summed E-state index contributed by atoms with van der Waals surface area (Å²) in [5.41, 5.74) is 0. The van der Waals surface area contributed by atoms with E-state index in [1.54, 1.807) is 0 Å². The predicted molar refractivity (Wildman–Crippen MR) is 94.5 cm³/mol. The number of carbonyl (C=O) groups excluding carboxylic acids is 1. The van der Waals surface area contributed by atoms with Gasteiger partial charge in [0, 0.05) is 31.3 Å². The Bertz CT molecular complexity index is 350. The molecule has 2 unspecified atom stereocenters. The van der Waals surface area contributed by atoms with Crippen LogP contribution in [0.1, 0.15) is 51.4 Å². The van der Waals surface area contributed by atoms with E-state index in [0.717, 1.165) is 43.4 Å². The maximum absolute atomic E-state index is 11.0. The molecular weight excluding hydrogens is 298 g/mol. The van der Waals surface area contributed by atoms with E-state index in [1.165, 1.54) is 26.4 Å². The van der Waals surface area contributed by atoms with Crippen LogP contribution < -0.4 is 10.6 Å². The first-order valence-electron chi connectivity index (χ1n) is 8.26. The second kappa shape index (κ2) is 11.6. The smallest absolute Gasteiger partial charge is 0.305 e. The first-order valence-corrected chi connectivity index (χ1v) is 9.55. The minimum Gasteiger partial charge on any atom is -0.469 e. The van der Waals surface area contributed by atoms with Crippen LogP contribution in [0.4, 0.5) is 0 Å². The van der Waals surface area contributed by atoms with Crippen LogP contribution in [0.2, 0.25) is 0 Å². The van der Waals surface area contributed by atoms with Crippen molar-refractivity contribution in [3.8, 4) is 0 Å². The molecule has 0 aromatic rings. The van der Waals surface area contributed by atoms with Crippen molar-refractivity contribution in [1.82, 2.24) is 10.6 Å². The summed E-state index contributed by atoms with van der Waals surface area (Å²) in [5.74, 6) is 0.809. The van der Waals surface area contributed by atoms with Gasteiger partial charge in [-0.2, -0.15) is 11.8 Å². The molecule has 22 heavy (non-hydrogen) atoms. The minimum absolute atomic E-state index is 0.108. The van der Waals surface area contributed by atoms with Crippen molar-refractivity contribution in [2.75, 3.05) is 27.0 Å². The lowest BCUT2D eigenvalue weighted by atomic mass is 10.1. The van der Waals surface area contributed by atoms with Crippen LogP contribution in [0.5, 0.6) is 0 Å². The number of rotatable bonds is 9. The fourth-order valence-corrected chi connectivity index (χ4v) is 3.53. The van der Waals surface area contributed by atoms with Gasteiger partial charge in [-0.15, -0.1) is 0 Å². The molecule has 2 atom stereocenters. The predicted octanol–water partition coefficient (Wildman–Crippen LogP) is 2.56. The van der Waals surface area contributed by atoms with Crippen LogP contribution in [-0.2, 0) is 9.53 Å². The Morgan fingerprint density at radius 2 is 2.05 bits per heavy atom. The fourth-order valence-electron chi connectivity index (χ4n) is 2.73. The third-order valence-electron chi connectivity index (χ3n) is 4.11. The van der Waals surface area contributed by atoms with Gasteiger partial charge >= 0.3 is 5.97 Å². The zero-order valence-electron chi connectivity index (χ0n) is 14.2. The fraction of sp³-hybridized carbons (Fsp3) is 0.875. The maximum Gasteiger partial charge on any atom is 0.305 e. The van der Waals surface area contributed by atoms with Crippen molar-refractivity contribution < 1.29 is 9.53 Å². The molecule has 0 heterocycles. The van der Waals surface area contributed by atoms with Gasteiger partial charge in [0.05, 0.1) is 7.11 Å². The van der Waals surface area contributed by atoms with Gasteiger partial charge in [-0.05, 0) is 38.4 Å². The number of esters is 1. The maximum atomic E-state index is 11.0. The highest BCUT2D eigenvalue weighted by atomic mass is 32.2. The number of methoxy groups -OCH3 is 1. The summed E-state index contributed by atoms with van der Waals surface area (Å²) in [7, 11) is 3.27. The standard InChI is InChI=1S/C16H31N3O2S/c1-17-16(19-13-9-10-14(12-13)22-3)18-11-7-5-4-6-8-15(20)21-2/h13-14H,4-12H2,1-3H3,(H2,17,18,19). The Balaban J connectivity index is 2.04. The zero-order valence-corrected chi connectivity index (χ0v) is 15.0. The van der Waals surface area contributed by atoms with Gasteiger partial charge in [0.2, 0.25) is 0 Å². The van der Waals surface area contributed by atoms with E-state index in [-0.39, 0.29) is 5.97 Å². The molecule has 128 valence electrons. The number of thioether (sulfide) groups is 1. The third kappa shape index (κ3) is 7.92. The molecule has 1 fully saturated rings. The Morgan fingerprint density at radius 1 is 1.27 bits per heavy atom. The van der Waals surface area contributed by atoms with Crippen molar-refractivity contribution in [2.24, 2.45) is 4.99 Å². The summed E-state index contributed by atoms with van der Waals surface area (Å²) >= 11 is 1.97. The number of aliphatic imine (C=N–C) groups is 1. The second-order valence-corrected chi connectivity index (χ2v) is 6.89. The van der Waals surface area contributed by atoms with E-state index in [1.807, 2.05) is 18.8 Å². The Morgan fingerprint density at radius 3 is 2.68 bits per heavy atom. The molecule has 0 bridgehead atoms. The van der Waals surface area contributed by atoms with Crippen LogP contribution in [0.15, 0.2) is 4.99 Å². The third-order valence-corrected chi connectivity index (χ3v) is 5.20. The lowest BCUT2D eigenvalue weighted by Crippen LogP contribution is -2.42. The Kier molecular flexibility index (Phi) is 10.1. The van der Waals surface area contributed by atoms with E-state index in [2.05, 4.69) is 26.6 Å². The van der Waals surface area contributed by atoms with Gasteiger partial charge in [0.15, 0.2) is 5.96 Å². The van der Waals surface area contributed by atoms with Gasteiger partial charge < -0.3 is 15.4 Å². The Hall–Kier alpha value is -0.910. The number of ether oxygens (including phenoxy) is 1. The number of nitrogens with one attached hydrogen (secondary N) is 2. The summed E-state index contributed by atoms with van der Waals surface area (Å²) in [5, 5.41) is 7.70. The average Bonchev–Trinajstić information content (AvgIpc) is 3.00. The van der Waals surface area contributed by atoms with Crippen molar-refractivity contribution in [3.05, 3.63) is 0 Å². The molecule has 5 nitrogen and oxygen atoms in total. The normalized spacial score (nSPS) is 21.7. The van der Waals surface area contributed by atoms with E-state index < -0.39 is 0 Å². The van der Waals surface area contributed by atoms with Crippen LogP contribution in [-0.4, -0.2) is 50.2 Å². The molecule has 0 amide bonds. The van der Waals surface area contributed by atoms with Crippen LogP contribution in [0, 0.1) is 0 Å². The first kappa shape index (κ1) is 19.1. The van der Waals surface area contributed by atoms with Gasteiger partial charge in [0.1, 0.15) is 0 Å². The molecule has 0 aliphatic heterocycles. The number of guanidine groups is 1. The number of unbranched alkanes of at least 4 members (excludes halogenated alkanes) is 3. The summed E-state index contributed by atoms with van der Waals surface area (Å²) < 4.78 is 4.63. The van der Waals surface area contributed by atoms with Crippen LogP contribution in [0.3, 0.4) is 0 Å². The first-order chi connectivity index (χ1) is 10.7. The largest absolute Gasteiger partial charge is 0.469 e. The molecule has 0 aromatic carbocycles. The zero-order chi connectivity index (χ0) is 16.2. The molecule has 1 aliphatic rings. The monoisotopic (exact) mass is 329 g/mol. The number of hydrogen-bond donors (Lipinski definition) is 2. The summed E-state index contributed by atoms with van der Waals surface area (Å²) in [4.78, 5) is 15.3. The van der Waals surface area contributed by atoms with Crippen molar-refractivity contribution in [3.63, 3.8) is 0 Å². The average molecular weight is 330 g/mol. The van der Waals surface area contributed by atoms with E-state index >= 15 is 0 Å². The van der Waals surface area contributed by atoms with E-state index in [4.69, 9.17) is 0 Å². The topological polar surface area (TPSA) is 62.7 Å². The molecule has 6 heteroatoms. The lowest BCUT2D eigenvalue weighted by Gasteiger charge is -2.17. The van der Waals surface area contributed by atoms with Gasteiger partial charge in [-0.1, -0.05) is 12.8 Å². The summed E-state index contributed by atoms with van der Waals surface area (Å²) in [6.07, 6.45) is 10.7. The molecule has 0 aromatic heterocycles. The number of nitrogens with zero attached hydrogens (tertiary/aromatic N) is 1. The van der Waals surface area contributed by atoms with Crippen molar-refractivity contribution in [1.29, 1.82) is 0 Å². The highest BCUT2D eigenvalue weighted by Crippen LogP contribution is 2.27. The van der Waals surface area contributed by atoms with E-state index in [9.17, 15) is 4.79 Å². The molecule has 2 N–H and O–H groups in total. The SMILES string of the molecule is CN=C(NCCCCCCC(=O)OC)NC1CCC(SC)C1. The molecule has 0 radical (unpaired) electrons. The second-order valence-electron chi connectivity index (χ2n) is 5.75. The highest BCUT2D eigenvalue weighted by molar-refractivity contribution is 7.99. The van der Waals surface area contributed by atoms with E-state index in [0.29, 0.717) is 12.5 Å². The van der Waals surface area contributed by atoms with Gasteiger partial charge in [0.25, 0.3) is 0 Å². The number of hydrogen-bond acceptors (Lipinski definition) is 4. The van der Waals surface area contributed by atoms with Crippen LogP contribution >= 0.6 is 11.8 Å². The minimum atomic E-state index is -0.108. The number of carbonyl (C=O) groups is 1. The quantitative estimate of drug-likeness (QED) is 0.295. The van der Waals surface area contributed by atoms with Gasteiger partial charge in [-0.25, -0.2) is 0 Å². The van der Waals surface area contributed by atoms with Crippen molar-refractivity contribution in [2.45, 2.75) is 62.7 Å². The van der Waals surface area contributed by atoms with Crippen LogP contribution in [0.25, 0.3) is 0 Å². The molecule has 0 spiro atoms. The Labute approximate surface area is 139 Å².